The summed E-state index contributed by atoms with van der Waals surface area (Å²) in [5.41, 5.74) is 0. The minimum Gasteiger partial charge on any atom is -0.349 e. The van der Waals surface area contributed by atoms with Crippen LogP contribution in [-0.2, 0) is 31.6 Å². The predicted molar refractivity (Wildman–Crippen MR) is 93.6 cm³/mol. The first kappa shape index (κ1) is 25.0. The molecule has 3 unspecified atom stereocenters. The zero-order valence-corrected chi connectivity index (χ0v) is 18.0. The molecule has 0 aliphatic carbocycles. The van der Waals surface area contributed by atoms with Gasteiger partial charge in [0.2, 0.25) is 0 Å². The van der Waals surface area contributed by atoms with Gasteiger partial charge in [-0.3, -0.25) is 9.09 Å². The van der Waals surface area contributed by atoms with E-state index in [0.717, 1.165) is 10.8 Å². The molecule has 2 rings (SSSR count). The van der Waals surface area contributed by atoms with Gasteiger partial charge < -0.3 is 29.3 Å². The van der Waals surface area contributed by atoms with E-state index in [4.69, 9.17) is 31.6 Å². The first-order valence-electron chi connectivity index (χ1n) is 7.17. The number of nitrogens with one attached hydrogen (secondary N) is 1. The van der Waals surface area contributed by atoms with Crippen molar-refractivity contribution in [2.75, 3.05) is 6.61 Å². The second-order valence-corrected chi connectivity index (χ2v) is 10.6. The van der Waals surface area contributed by atoms with Crippen LogP contribution in [0.15, 0.2) is 6.20 Å². The number of halogens is 2. The predicted octanol–water partition coefficient (Wildman–Crippen LogP) is 2.38. The van der Waals surface area contributed by atoms with Crippen LogP contribution in [0.4, 0.5) is 8.78 Å². The van der Waals surface area contributed by atoms with Gasteiger partial charge in [-0.25, -0.2) is 22.5 Å². The number of nitrogens with zero attached hydrogens (tertiary/aromatic N) is 1. The number of hydrogen-bond donors (Lipinski definition) is 5. The summed E-state index contributed by atoms with van der Waals surface area (Å²) in [7, 11) is -16.6. The lowest BCUT2D eigenvalue weighted by atomic mass is 10.2. The molecule has 1 aromatic rings. The Morgan fingerprint density at radius 2 is 1.83 bits per heavy atom. The maximum Gasteiger partial charge on any atom is 0.490 e. The summed E-state index contributed by atoms with van der Waals surface area (Å²) in [6, 6.07) is 0. The highest BCUT2D eigenvalue weighted by atomic mass is 32.1. The average molecular weight is 520 g/mol. The van der Waals surface area contributed by atoms with Crippen molar-refractivity contribution in [3.63, 3.8) is 0 Å². The number of alkyl halides is 1. The zero-order chi connectivity index (χ0) is 22.2. The van der Waals surface area contributed by atoms with Crippen molar-refractivity contribution in [3.05, 3.63) is 21.4 Å². The van der Waals surface area contributed by atoms with Crippen LogP contribution in [0.5, 0.6) is 0 Å². The first-order chi connectivity index (χ1) is 13.1. The molecular formula is C9H13F2N2O11P3S2. The third kappa shape index (κ3) is 7.43. The van der Waals surface area contributed by atoms with Crippen molar-refractivity contribution in [1.29, 1.82) is 0 Å². The Morgan fingerprint density at radius 3 is 2.41 bits per heavy atom. The van der Waals surface area contributed by atoms with E-state index >= 15 is 0 Å². The van der Waals surface area contributed by atoms with Crippen LogP contribution >= 0.6 is 47.9 Å². The van der Waals surface area contributed by atoms with Crippen molar-refractivity contribution >= 4 is 47.9 Å². The summed E-state index contributed by atoms with van der Waals surface area (Å²) < 4.78 is 78.4. The first-order valence-corrected chi connectivity index (χ1v) is 12.5. The van der Waals surface area contributed by atoms with Gasteiger partial charge in [-0.2, -0.15) is 8.62 Å². The van der Waals surface area contributed by atoms with Crippen molar-refractivity contribution in [3.8, 4) is 0 Å². The highest BCUT2D eigenvalue weighted by Crippen LogP contribution is 2.66. The fraction of sp³-hybridized carbons (Fsp3) is 0.556. The molecule has 0 aromatic carbocycles. The Labute approximate surface area is 170 Å². The van der Waals surface area contributed by atoms with Gasteiger partial charge in [-0.1, -0.05) is 12.2 Å². The van der Waals surface area contributed by atoms with Crippen LogP contribution in [0.1, 0.15) is 12.6 Å². The lowest BCUT2D eigenvalue weighted by Gasteiger charge is -2.19. The highest BCUT2D eigenvalue weighted by Gasteiger charge is 2.43. The molecule has 0 saturated carbocycles. The summed E-state index contributed by atoms with van der Waals surface area (Å²) in [5, 5.41) is 0. The molecule has 0 amide bonds. The summed E-state index contributed by atoms with van der Waals surface area (Å²) in [4.78, 5) is 37.6. The van der Waals surface area contributed by atoms with E-state index in [1.165, 1.54) is 0 Å². The lowest BCUT2D eigenvalue weighted by molar-refractivity contribution is -0.0383. The Morgan fingerprint density at radius 1 is 1.21 bits per heavy atom. The van der Waals surface area contributed by atoms with Crippen molar-refractivity contribution in [2.45, 2.75) is 24.9 Å². The van der Waals surface area contributed by atoms with E-state index in [0.29, 0.717) is 0 Å². The summed E-state index contributed by atoms with van der Waals surface area (Å²) in [5.74, 6) is -0.902. The number of aromatic nitrogens is 2. The quantitative estimate of drug-likeness (QED) is 0.248. The molecule has 0 bridgehead atoms. The van der Waals surface area contributed by atoms with E-state index in [1.807, 2.05) is 0 Å². The second kappa shape index (κ2) is 9.09. The van der Waals surface area contributed by atoms with Crippen LogP contribution in [0, 0.1) is 15.2 Å². The molecule has 1 fully saturated rings. The molecule has 0 spiro atoms. The maximum absolute atomic E-state index is 14.2. The molecule has 1 saturated heterocycles. The molecule has 13 nitrogen and oxygen atoms in total. The number of rotatable bonds is 8. The molecule has 29 heavy (non-hydrogen) atoms. The van der Waals surface area contributed by atoms with E-state index < -0.39 is 60.8 Å². The molecule has 1 aromatic heterocycles. The van der Waals surface area contributed by atoms with Gasteiger partial charge in [0.05, 0.1) is 12.7 Å². The molecule has 5 N–H and O–H groups in total. The molecule has 2 heterocycles. The van der Waals surface area contributed by atoms with Crippen LogP contribution in [-0.4, -0.2) is 48.0 Å². The largest absolute Gasteiger partial charge is 0.490 e. The number of phosphoric ester groups is 1. The van der Waals surface area contributed by atoms with Crippen LogP contribution in [0.2, 0.25) is 0 Å². The van der Waals surface area contributed by atoms with E-state index in [-0.39, 0.29) is 9.41 Å². The third-order valence-corrected chi connectivity index (χ3v) is 7.58. The van der Waals surface area contributed by atoms with Gasteiger partial charge in [-0.15, -0.1) is 0 Å². The monoisotopic (exact) mass is 520 g/mol. The van der Waals surface area contributed by atoms with Crippen LogP contribution in [0.25, 0.3) is 0 Å². The fourth-order valence-corrected chi connectivity index (χ4v) is 5.70. The minimum absolute atomic E-state index is 0.155. The Bertz CT molecular complexity index is 1030. The van der Waals surface area contributed by atoms with Gasteiger partial charge >= 0.3 is 23.5 Å². The number of phosphoric acid groups is 3. The molecule has 5 atom stereocenters. The van der Waals surface area contributed by atoms with Crippen molar-refractivity contribution in [2.24, 2.45) is 0 Å². The molecule has 1 aliphatic heterocycles. The fourth-order valence-electron chi connectivity index (χ4n) is 2.18. The Hall–Kier alpha value is -0.250. The normalized spacial score (nSPS) is 26.8. The minimum atomic E-state index is -5.68. The topological polar surface area (TPSA) is 190 Å². The Balaban J connectivity index is 2.02. The average Bonchev–Trinajstić information content (AvgIpc) is 2.86. The molecule has 0 radical (unpaired) electrons. The van der Waals surface area contributed by atoms with Crippen molar-refractivity contribution in [1.82, 2.24) is 9.55 Å². The Kier molecular flexibility index (Phi) is 7.84. The maximum atomic E-state index is 14.2. The smallest absolute Gasteiger partial charge is 0.349 e. The van der Waals surface area contributed by atoms with Crippen molar-refractivity contribution < 1.29 is 59.9 Å². The number of hydrogen-bond acceptors (Lipinski definition) is 9. The SMILES string of the molecule is O=P(O)(O)OP(=O)(O)OP(=O)(O)OC[C@@H]1CC(F)[C@H](n2cc(F)c(=S)[nH]c2=S)O1. The summed E-state index contributed by atoms with van der Waals surface area (Å²) in [6.45, 7) is -0.848. The van der Waals surface area contributed by atoms with Crippen LogP contribution < -0.4 is 0 Å². The van der Waals surface area contributed by atoms with Gasteiger partial charge in [0, 0.05) is 12.6 Å². The standard InChI is InChI=1S/C9H13F2N2O11P3S2/c10-5-1-4(22-8(5)13-2-6(11)7(28)12-9(13)29)3-21-26(17,18)24-27(19,20)23-25(14,15)16/h2,4-5,8H,1,3H2,(H,17,18)(H,19,20)(H,12,28,29)(H2,14,15,16)/t4-,5?,8+/m0/s1. The lowest BCUT2D eigenvalue weighted by Crippen LogP contribution is -2.19. The zero-order valence-electron chi connectivity index (χ0n) is 13.7. The van der Waals surface area contributed by atoms with E-state index in [2.05, 4.69) is 30.3 Å². The summed E-state index contributed by atoms with van der Waals surface area (Å²) in [6.07, 6.45) is -3.98. The van der Waals surface area contributed by atoms with E-state index in [9.17, 15) is 27.4 Å². The molecule has 1 aliphatic rings. The van der Waals surface area contributed by atoms with Gasteiger partial charge in [0.1, 0.15) is 10.8 Å². The highest BCUT2D eigenvalue weighted by molar-refractivity contribution is 7.72. The molecular weight excluding hydrogens is 507 g/mol. The van der Waals surface area contributed by atoms with Gasteiger partial charge in [-0.05, 0) is 12.2 Å². The third-order valence-electron chi connectivity index (χ3n) is 3.17. The molecule has 20 heteroatoms. The van der Waals surface area contributed by atoms with E-state index in [1.54, 1.807) is 0 Å². The summed E-state index contributed by atoms with van der Waals surface area (Å²) >= 11 is 9.56. The van der Waals surface area contributed by atoms with Gasteiger partial charge in [0.25, 0.3) is 0 Å². The number of aromatic amines is 1. The van der Waals surface area contributed by atoms with Gasteiger partial charge in [0.15, 0.2) is 16.8 Å². The molecule has 166 valence electrons. The second-order valence-electron chi connectivity index (χ2n) is 5.43. The number of H-pyrrole nitrogens is 1. The van der Waals surface area contributed by atoms with Crippen LogP contribution in [0.3, 0.4) is 0 Å². The number of ether oxygens (including phenoxy) is 1.